The van der Waals surface area contributed by atoms with Crippen molar-refractivity contribution in [1.82, 2.24) is 15.5 Å². The Hall–Kier alpha value is -1.30. The largest absolute Gasteiger partial charge is 0.496 e. The van der Waals surface area contributed by atoms with Crippen molar-refractivity contribution in [1.29, 1.82) is 0 Å². The van der Waals surface area contributed by atoms with Gasteiger partial charge < -0.3 is 15.4 Å². The topological polar surface area (TPSA) is 53.6 Å². The number of rotatable bonds is 6. The molecule has 0 radical (unpaired) electrons. The molecule has 0 saturated carbocycles. The van der Waals surface area contributed by atoms with Gasteiger partial charge in [-0.1, -0.05) is 24.6 Å². The Kier molecular flexibility index (Phi) is 8.00. The van der Waals surface area contributed by atoms with Crippen molar-refractivity contribution in [3.8, 4) is 5.75 Å². The van der Waals surface area contributed by atoms with Crippen LogP contribution in [0, 0.1) is 0 Å². The van der Waals surface area contributed by atoms with Crippen molar-refractivity contribution < 1.29 is 9.53 Å². The maximum absolute atomic E-state index is 12.4. The number of ether oxygens (including phenoxy) is 1. The molecule has 0 spiro atoms. The zero-order valence-corrected chi connectivity index (χ0v) is 15.8. The van der Waals surface area contributed by atoms with Crippen LogP contribution >= 0.6 is 12.4 Å². The van der Waals surface area contributed by atoms with Crippen molar-refractivity contribution >= 4 is 18.3 Å². The summed E-state index contributed by atoms with van der Waals surface area (Å²) in [6, 6.07) is 8.33. The second kappa shape index (κ2) is 10.00. The van der Waals surface area contributed by atoms with Gasteiger partial charge in [-0.15, -0.1) is 12.4 Å². The number of carbonyl (C=O) groups is 1. The molecule has 6 heteroatoms. The molecule has 2 aliphatic heterocycles. The Bertz CT molecular complexity index is 543. The third-order valence-electron chi connectivity index (χ3n) is 5.18. The van der Waals surface area contributed by atoms with Crippen molar-refractivity contribution in [2.75, 3.05) is 33.3 Å². The molecule has 2 unspecified atom stereocenters. The molecule has 2 aliphatic rings. The summed E-state index contributed by atoms with van der Waals surface area (Å²) in [5.41, 5.74) is 1.17. The number of hydrogen-bond donors (Lipinski definition) is 2. The maximum atomic E-state index is 12.4. The fourth-order valence-corrected chi connectivity index (χ4v) is 3.84. The van der Waals surface area contributed by atoms with Gasteiger partial charge in [-0.2, -0.15) is 0 Å². The standard InChI is InChI=1S/C19H29N3O2.ClH/c1-24-18-10-4-3-8-15(18)17(22-12-5-2-6-13-22)14-21-19(23)16-9-7-11-20-16;/h3-4,8,10,16-17,20H,2,5-7,9,11-14H2,1H3,(H,21,23);1H. The molecule has 2 fully saturated rings. The van der Waals surface area contributed by atoms with Crippen LogP contribution in [-0.2, 0) is 4.79 Å². The van der Waals surface area contributed by atoms with E-state index in [0.29, 0.717) is 6.54 Å². The molecule has 1 amide bonds. The van der Waals surface area contributed by atoms with E-state index in [9.17, 15) is 4.79 Å². The highest BCUT2D eigenvalue weighted by molar-refractivity contribution is 5.85. The van der Waals surface area contributed by atoms with Crippen molar-refractivity contribution in [3.05, 3.63) is 29.8 Å². The third-order valence-corrected chi connectivity index (χ3v) is 5.18. The number of amides is 1. The number of carbonyl (C=O) groups excluding carboxylic acids is 1. The van der Waals surface area contributed by atoms with Crippen LogP contribution in [0.4, 0.5) is 0 Å². The first kappa shape index (κ1) is 20.0. The Labute approximate surface area is 156 Å². The van der Waals surface area contributed by atoms with E-state index in [-0.39, 0.29) is 30.4 Å². The monoisotopic (exact) mass is 367 g/mol. The van der Waals surface area contributed by atoms with E-state index in [2.05, 4.69) is 27.7 Å². The van der Waals surface area contributed by atoms with E-state index in [4.69, 9.17) is 4.74 Å². The molecule has 5 nitrogen and oxygen atoms in total. The van der Waals surface area contributed by atoms with Crippen LogP contribution in [0.15, 0.2) is 24.3 Å². The summed E-state index contributed by atoms with van der Waals surface area (Å²) in [4.78, 5) is 14.9. The quantitative estimate of drug-likeness (QED) is 0.811. The summed E-state index contributed by atoms with van der Waals surface area (Å²) in [7, 11) is 1.72. The molecule has 0 aliphatic carbocycles. The number of nitrogens with one attached hydrogen (secondary N) is 2. The van der Waals surface area contributed by atoms with E-state index < -0.39 is 0 Å². The van der Waals surface area contributed by atoms with E-state index in [1.165, 1.54) is 24.8 Å². The molecule has 0 aromatic heterocycles. The van der Waals surface area contributed by atoms with Crippen LogP contribution in [0.1, 0.15) is 43.7 Å². The average Bonchev–Trinajstić information content (AvgIpc) is 3.18. The predicted molar refractivity (Wildman–Crippen MR) is 102 cm³/mol. The normalized spacial score (nSPS) is 22.0. The third kappa shape index (κ3) is 5.09. The second-order valence-corrected chi connectivity index (χ2v) is 6.75. The van der Waals surface area contributed by atoms with E-state index in [0.717, 1.165) is 38.2 Å². The number of nitrogens with zero attached hydrogens (tertiary/aromatic N) is 1. The Morgan fingerprint density at radius 2 is 2.04 bits per heavy atom. The Balaban J connectivity index is 0.00000225. The number of likely N-dealkylation sites (tertiary alicyclic amines) is 1. The molecule has 140 valence electrons. The molecule has 2 N–H and O–H groups in total. The van der Waals surface area contributed by atoms with Gasteiger partial charge in [0.15, 0.2) is 0 Å². The summed E-state index contributed by atoms with van der Waals surface area (Å²) >= 11 is 0. The number of hydrogen-bond acceptors (Lipinski definition) is 4. The van der Waals surface area contributed by atoms with Gasteiger partial charge in [0.05, 0.1) is 19.2 Å². The minimum absolute atomic E-state index is 0. The molecule has 2 atom stereocenters. The van der Waals surface area contributed by atoms with Crippen LogP contribution in [0.2, 0.25) is 0 Å². The molecule has 1 aromatic carbocycles. The van der Waals surface area contributed by atoms with Gasteiger partial charge in [0, 0.05) is 12.1 Å². The summed E-state index contributed by atoms with van der Waals surface area (Å²) in [6.45, 7) is 3.75. The van der Waals surface area contributed by atoms with Crippen molar-refractivity contribution in [2.24, 2.45) is 0 Å². The fourth-order valence-electron chi connectivity index (χ4n) is 3.84. The number of piperidine rings is 1. The maximum Gasteiger partial charge on any atom is 0.237 e. The zero-order chi connectivity index (χ0) is 16.8. The number of para-hydroxylation sites is 1. The molecule has 0 bridgehead atoms. The van der Waals surface area contributed by atoms with Gasteiger partial charge >= 0.3 is 0 Å². The number of halogens is 1. The number of methoxy groups -OCH3 is 1. The smallest absolute Gasteiger partial charge is 0.237 e. The Morgan fingerprint density at radius 3 is 2.72 bits per heavy atom. The molecular formula is C19H30ClN3O2. The minimum Gasteiger partial charge on any atom is -0.496 e. The second-order valence-electron chi connectivity index (χ2n) is 6.75. The van der Waals surface area contributed by atoms with Crippen molar-refractivity contribution in [2.45, 2.75) is 44.2 Å². The molecular weight excluding hydrogens is 338 g/mol. The molecule has 3 rings (SSSR count). The predicted octanol–water partition coefficient (Wildman–Crippen LogP) is 2.51. The van der Waals surface area contributed by atoms with Crippen LogP contribution in [0.3, 0.4) is 0 Å². The van der Waals surface area contributed by atoms with Gasteiger partial charge in [-0.3, -0.25) is 9.69 Å². The lowest BCUT2D eigenvalue weighted by Gasteiger charge is -2.35. The summed E-state index contributed by atoms with van der Waals surface area (Å²) < 4.78 is 5.57. The highest BCUT2D eigenvalue weighted by Gasteiger charge is 2.27. The number of benzene rings is 1. The van der Waals surface area contributed by atoms with E-state index in [1.807, 2.05) is 12.1 Å². The summed E-state index contributed by atoms with van der Waals surface area (Å²) in [6.07, 6.45) is 5.77. The molecule has 1 aromatic rings. The van der Waals surface area contributed by atoms with Gasteiger partial charge in [-0.05, 0) is 51.4 Å². The van der Waals surface area contributed by atoms with Crippen LogP contribution < -0.4 is 15.4 Å². The lowest BCUT2D eigenvalue weighted by Crippen LogP contribution is -2.45. The van der Waals surface area contributed by atoms with Crippen LogP contribution in [0.25, 0.3) is 0 Å². The van der Waals surface area contributed by atoms with Gasteiger partial charge in [0.1, 0.15) is 5.75 Å². The summed E-state index contributed by atoms with van der Waals surface area (Å²) in [5, 5.41) is 6.44. The lowest BCUT2D eigenvalue weighted by atomic mass is 10.0. The zero-order valence-electron chi connectivity index (χ0n) is 15.0. The lowest BCUT2D eigenvalue weighted by molar-refractivity contribution is -0.123. The first-order valence-corrected chi connectivity index (χ1v) is 9.17. The highest BCUT2D eigenvalue weighted by atomic mass is 35.5. The van der Waals surface area contributed by atoms with Gasteiger partial charge in [0.2, 0.25) is 5.91 Å². The van der Waals surface area contributed by atoms with E-state index >= 15 is 0 Å². The average molecular weight is 368 g/mol. The van der Waals surface area contributed by atoms with Crippen LogP contribution in [0.5, 0.6) is 5.75 Å². The first-order valence-electron chi connectivity index (χ1n) is 9.17. The summed E-state index contributed by atoms with van der Waals surface area (Å²) in [5.74, 6) is 1.03. The molecule has 2 heterocycles. The van der Waals surface area contributed by atoms with Gasteiger partial charge in [-0.25, -0.2) is 0 Å². The highest BCUT2D eigenvalue weighted by Crippen LogP contribution is 2.30. The minimum atomic E-state index is -0.0234. The SMILES string of the molecule is COc1ccccc1C(CNC(=O)C1CCCN1)N1CCCCC1.Cl. The van der Waals surface area contributed by atoms with Crippen LogP contribution in [-0.4, -0.2) is 50.1 Å². The Morgan fingerprint density at radius 1 is 1.28 bits per heavy atom. The first-order chi connectivity index (χ1) is 11.8. The fraction of sp³-hybridized carbons (Fsp3) is 0.632. The van der Waals surface area contributed by atoms with Gasteiger partial charge in [0.25, 0.3) is 0 Å². The molecule has 2 saturated heterocycles. The van der Waals surface area contributed by atoms with Crippen molar-refractivity contribution in [3.63, 3.8) is 0 Å². The van der Waals surface area contributed by atoms with E-state index in [1.54, 1.807) is 7.11 Å². The molecule has 25 heavy (non-hydrogen) atoms.